The number of rotatable bonds is 9. The monoisotopic (exact) mass is 492 g/mol. The van der Waals surface area contributed by atoms with Crippen molar-refractivity contribution in [2.75, 3.05) is 44.7 Å². The number of aromatic nitrogens is 1. The average Bonchev–Trinajstić information content (AvgIpc) is 3.53. The van der Waals surface area contributed by atoms with E-state index in [9.17, 15) is 9.90 Å². The number of likely N-dealkylation sites (N-methyl/N-ethyl adjacent to an activating group) is 2. The van der Waals surface area contributed by atoms with E-state index in [1.165, 1.54) is 10.4 Å². The van der Waals surface area contributed by atoms with Gasteiger partial charge in [0.2, 0.25) is 5.91 Å². The van der Waals surface area contributed by atoms with Crippen LogP contribution in [0.5, 0.6) is 5.75 Å². The van der Waals surface area contributed by atoms with Gasteiger partial charge in [0.25, 0.3) is 0 Å². The number of amides is 1. The lowest BCUT2D eigenvalue weighted by atomic mass is 10.1. The van der Waals surface area contributed by atoms with E-state index in [4.69, 9.17) is 4.98 Å². The first-order valence-corrected chi connectivity index (χ1v) is 13.4. The molecule has 7 heteroatoms. The van der Waals surface area contributed by atoms with Gasteiger partial charge in [-0.15, -0.1) is 11.3 Å². The van der Waals surface area contributed by atoms with Crippen molar-refractivity contribution in [2.45, 2.75) is 39.7 Å². The Hall–Kier alpha value is -2.90. The second-order valence-electron chi connectivity index (χ2n) is 9.19. The summed E-state index contributed by atoms with van der Waals surface area (Å²) in [5.41, 5.74) is 3.69. The fourth-order valence-electron chi connectivity index (χ4n) is 4.78. The number of carbonyl (C=O) groups is 1. The zero-order valence-corrected chi connectivity index (χ0v) is 22.0. The molecular formula is C28H36N4O2S. The normalized spacial score (nSPS) is 15.7. The van der Waals surface area contributed by atoms with E-state index in [0.29, 0.717) is 5.56 Å². The Morgan fingerprint density at radius 1 is 1.17 bits per heavy atom. The quantitative estimate of drug-likeness (QED) is 0.442. The van der Waals surface area contributed by atoms with E-state index in [1.807, 2.05) is 36.2 Å². The molecular weight excluding hydrogens is 456 g/mol. The van der Waals surface area contributed by atoms with Gasteiger partial charge in [0.1, 0.15) is 17.6 Å². The van der Waals surface area contributed by atoms with Crippen molar-refractivity contribution in [3.8, 4) is 27.4 Å². The molecule has 0 spiro atoms. The summed E-state index contributed by atoms with van der Waals surface area (Å²) in [7, 11) is 1.91. The van der Waals surface area contributed by atoms with Gasteiger partial charge in [-0.3, -0.25) is 4.79 Å². The van der Waals surface area contributed by atoms with Gasteiger partial charge >= 0.3 is 0 Å². The van der Waals surface area contributed by atoms with E-state index in [0.717, 1.165) is 62.6 Å². The summed E-state index contributed by atoms with van der Waals surface area (Å²) in [6.45, 7) is 10.8. The number of aryl methyl sites for hydroxylation is 1. The molecule has 1 aliphatic rings. The predicted molar refractivity (Wildman–Crippen MR) is 145 cm³/mol. The average molecular weight is 493 g/mol. The second-order valence-corrected chi connectivity index (χ2v) is 10.1. The van der Waals surface area contributed by atoms with Crippen LogP contribution < -0.4 is 4.90 Å². The minimum absolute atomic E-state index is 0.151. The number of benzene rings is 1. The van der Waals surface area contributed by atoms with Crippen molar-refractivity contribution < 1.29 is 9.90 Å². The number of aromatic hydroxyl groups is 1. The van der Waals surface area contributed by atoms with Crippen LogP contribution in [0.15, 0.2) is 47.8 Å². The molecule has 1 atom stereocenters. The topological polar surface area (TPSA) is 59.9 Å². The molecule has 3 aromatic rings. The maximum absolute atomic E-state index is 13.5. The fourth-order valence-corrected chi connectivity index (χ4v) is 5.70. The first-order valence-electron chi connectivity index (χ1n) is 12.5. The van der Waals surface area contributed by atoms with E-state index < -0.39 is 0 Å². The number of phenols is 1. The number of carbonyl (C=O) groups excluding carboxylic acids is 1. The van der Waals surface area contributed by atoms with Crippen LogP contribution in [-0.4, -0.2) is 71.6 Å². The number of para-hydroxylation sites is 1. The Bertz CT molecular complexity index is 1160. The van der Waals surface area contributed by atoms with Crippen LogP contribution in [0.2, 0.25) is 0 Å². The first-order chi connectivity index (χ1) is 16.9. The second kappa shape index (κ2) is 11.2. The minimum Gasteiger partial charge on any atom is -0.507 e. The first kappa shape index (κ1) is 25.2. The summed E-state index contributed by atoms with van der Waals surface area (Å²) in [5.74, 6) is 1.15. The highest BCUT2D eigenvalue weighted by Gasteiger charge is 2.34. The zero-order chi connectivity index (χ0) is 24.9. The molecule has 0 saturated carbocycles. The minimum atomic E-state index is -0.221. The van der Waals surface area contributed by atoms with Crippen LogP contribution in [0.1, 0.15) is 32.3 Å². The summed E-state index contributed by atoms with van der Waals surface area (Å²) >= 11 is 1.70. The number of hydrogen-bond donors (Lipinski definition) is 1. The Balaban J connectivity index is 1.67. The number of hydrogen-bond acceptors (Lipinski definition) is 6. The molecule has 2 aromatic heterocycles. The smallest absolute Gasteiger partial charge is 0.245 e. The molecule has 1 fully saturated rings. The molecule has 0 radical (unpaired) electrons. The van der Waals surface area contributed by atoms with Crippen molar-refractivity contribution in [1.29, 1.82) is 0 Å². The summed E-state index contributed by atoms with van der Waals surface area (Å²) in [4.78, 5) is 26.0. The Labute approximate surface area is 212 Å². The van der Waals surface area contributed by atoms with Crippen LogP contribution in [0.25, 0.3) is 21.7 Å². The van der Waals surface area contributed by atoms with Gasteiger partial charge < -0.3 is 19.8 Å². The van der Waals surface area contributed by atoms with Crippen molar-refractivity contribution in [3.63, 3.8) is 0 Å². The molecule has 1 saturated heterocycles. The van der Waals surface area contributed by atoms with Crippen molar-refractivity contribution in [1.82, 2.24) is 14.8 Å². The maximum atomic E-state index is 13.5. The highest BCUT2D eigenvalue weighted by Crippen LogP contribution is 2.37. The predicted octanol–water partition coefficient (Wildman–Crippen LogP) is 5.26. The van der Waals surface area contributed by atoms with Gasteiger partial charge in [0, 0.05) is 37.1 Å². The molecule has 1 N–H and O–H groups in total. The lowest BCUT2D eigenvalue weighted by molar-refractivity contribution is -0.131. The maximum Gasteiger partial charge on any atom is 0.245 e. The van der Waals surface area contributed by atoms with Gasteiger partial charge in [0.05, 0.1) is 5.69 Å². The number of anilines is 1. The van der Waals surface area contributed by atoms with Crippen LogP contribution in [0.3, 0.4) is 0 Å². The van der Waals surface area contributed by atoms with E-state index in [-0.39, 0.29) is 17.7 Å². The molecule has 0 bridgehead atoms. The number of thiophene rings is 1. The Kier molecular flexibility index (Phi) is 8.08. The molecule has 0 aliphatic carbocycles. The van der Waals surface area contributed by atoms with E-state index >= 15 is 0 Å². The SMILES string of the molecule is CCN(CC)CCN(C)C(=O)[C@@H]1CCCN1c1cc(-c2sccc2C)cc(-c2ccccc2O)n1. The van der Waals surface area contributed by atoms with Crippen LogP contribution >= 0.6 is 11.3 Å². The van der Waals surface area contributed by atoms with Crippen molar-refractivity contribution in [3.05, 3.63) is 53.4 Å². The largest absolute Gasteiger partial charge is 0.507 e. The molecule has 186 valence electrons. The summed E-state index contributed by atoms with van der Waals surface area (Å²) in [5, 5.41) is 12.6. The molecule has 1 aliphatic heterocycles. The summed E-state index contributed by atoms with van der Waals surface area (Å²) in [6.07, 6.45) is 1.78. The lowest BCUT2D eigenvalue weighted by Gasteiger charge is -2.30. The molecule has 4 rings (SSSR count). The van der Waals surface area contributed by atoms with Gasteiger partial charge in [-0.1, -0.05) is 26.0 Å². The van der Waals surface area contributed by atoms with E-state index in [1.54, 1.807) is 17.4 Å². The number of phenolic OH excluding ortho intramolecular Hbond substituents is 1. The van der Waals surface area contributed by atoms with Crippen LogP contribution in [0, 0.1) is 6.92 Å². The van der Waals surface area contributed by atoms with Crippen molar-refractivity contribution in [2.24, 2.45) is 0 Å². The van der Waals surface area contributed by atoms with Gasteiger partial charge in [-0.25, -0.2) is 4.98 Å². The lowest BCUT2D eigenvalue weighted by Crippen LogP contribution is -2.46. The summed E-state index contributed by atoms with van der Waals surface area (Å²) < 4.78 is 0. The third-order valence-electron chi connectivity index (χ3n) is 6.97. The van der Waals surface area contributed by atoms with Crippen molar-refractivity contribution >= 4 is 23.1 Å². The molecule has 1 amide bonds. The molecule has 1 aromatic carbocycles. The molecule has 35 heavy (non-hydrogen) atoms. The van der Waals surface area contributed by atoms with Gasteiger partial charge in [-0.2, -0.15) is 0 Å². The Morgan fingerprint density at radius 3 is 2.63 bits per heavy atom. The molecule has 6 nitrogen and oxygen atoms in total. The fraction of sp³-hybridized carbons (Fsp3) is 0.429. The number of nitrogens with zero attached hydrogens (tertiary/aromatic N) is 4. The van der Waals surface area contributed by atoms with Gasteiger partial charge in [0.15, 0.2) is 0 Å². The van der Waals surface area contributed by atoms with E-state index in [2.05, 4.69) is 48.1 Å². The van der Waals surface area contributed by atoms with Crippen LogP contribution in [-0.2, 0) is 4.79 Å². The Morgan fingerprint density at radius 2 is 1.94 bits per heavy atom. The third kappa shape index (κ3) is 5.52. The molecule has 0 unspecified atom stereocenters. The zero-order valence-electron chi connectivity index (χ0n) is 21.2. The number of pyridine rings is 1. The van der Waals surface area contributed by atoms with Gasteiger partial charge in [-0.05, 0) is 79.7 Å². The summed E-state index contributed by atoms with van der Waals surface area (Å²) in [6, 6.07) is 13.3. The third-order valence-corrected chi connectivity index (χ3v) is 8.04. The molecule has 3 heterocycles. The highest BCUT2D eigenvalue weighted by molar-refractivity contribution is 7.13. The standard InChI is InChI=1S/C28H36N4O2S/c1-5-31(6-2)16-15-30(4)28(34)24-11-9-14-32(24)26-19-21(27-20(3)13-17-35-27)18-23(29-26)22-10-7-8-12-25(22)33/h7-8,10,12-13,17-19,24,33H,5-6,9,11,14-16H2,1-4H3/t24-/m0/s1. The van der Waals surface area contributed by atoms with Crippen LogP contribution in [0.4, 0.5) is 5.82 Å². The highest BCUT2D eigenvalue weighted by atomic mass is 32.1.